The third-order valence-electron chi connectivity index (χ3n) is 4.07. The number of ether oxygens (including phenoxy) is 2. The van der Waals surface area contributed by atoms with Crippen LogP contribution in [-0.2, 0) is 19.1 Å². The van der Waals surface area contributed by atoms with Crippen LogP contribution >= 0.6 is 22.9 Å². The number of carbonyl (C=O) groups is 3. The van der Waals surface area contributed by atoms with Crippen LogP contribution in [0.1, 0.15) is 17.4 Å². The van der Waals surface area contributed by atoms with E-state index in [-0.39, 0.29) is 18.8 Å². The van der Waals surface area contributed by atoms with Crippen LogP contribution in [0, 0.1) is 0 Å². The number of nitrogens with zero attached hydrogens (tertiary/aromatic N) is 2. The number of hydrogen-bond acceptors (Lipinski definition) is 7. The molecule has 0 saturated heterocycles. The lowest BCUT2D eigenvalue weighted by molar-refractivity contribution is -0.142. The number of aromatic nitrogens is 1. The van der Waals surface area contributed by atoms with E-state index < -0.39 is 24.5 Å². The third-order valence-corrected chi connectivity index (χ3v) is 5.20. The van der Waals surface area contributed by atoms with Gasteiger partial charge in [-0.1, -0.05) is 41.9 Å². The van der Waals surface area contributed by atoms with Gasteiger partial charge in [-0.25, -0.2) is 9.78 Å². The number of carbonyl (C=O) groups excluding carboxylic acids is 3. The second-order valence-corrected chi connectivity index (χ2v) is 7.54. The summed E-state index contributed by atoms with van der Waals surface area (Å²) in [5, 5.41) is 2.72. The van der Waals surface area contributed by atoms with Crippen LogP contribution in [0.15, 0.2) is 60.0 Å². The molecule has 0 aliphatic carbocycles. The molecule has 9 heteroatoms. The number of hydrogen-bond donors (Lipinski definition) is 0. The van der Waals surface area contributed by atoms with Crippen molar-refractivity contribution in [2.45, 2.75) is 6.92 Å². The predicted molar refractivity (Wildman–Crippen MR) is 118 cm³/mol. The SMILES string of the molecule is CCOC(=O)CN(C(=O)COC(=O)c1csc(-c2cccc(Cl)c2)n1)c1ccccc1. The second kappa shape index (κ2) is 10.7. The van der Waals surface area contributed by atoms with E-state index in [1.54, 1.807) is 60.8 Å². The van der Waals surface area contributed by atoms with Gasteiger partial charge in [-0.3, -0.25) is 14.5 Å². The lowest BCUT2D eigenvalue weighted by Gasteiger charge is -2.21. The Labute approximate surface area is 188 Å². The van der Waals surface area contributed by atoms with E-state index in [1.165, 1.54) is 16.2 Å². The van der Waals surface area contributed by atoms with E-state index in [2.05, 4.69) is 4.98 Å². The molecule has 0 atom stereocenters. The van der Waals surface area contributed by atoms with E-state index in [0.717, 1.165) is 5.56 Å². The van der Waals surface area contributed by atoms with Gasteiger partial charge in [0.05, 0.1) is 6.61 Å². The van der Waals surface area contributed by atoms with Crippen molar-refractivity contribution in [2.75, 3.05) is 24.7 Å². The minimum absolute atomic E-state index is 0.0874. The summed E-state index contributed by atoms with van der Waals surface area (Å²) >= 11 is 7.26. The number of para-hydroxylation sites is 1. The van der Waals surface area contributed by atoms with Crippen molar-refractivity contribution in [3.8, 4) is 10.6 Å². The van der Waals surface area contributed by atoms with Crippen LogP contribution < -0.4 is 4.90 Å². The fraction of sp³-hybridized carbons (Fsp3) is 0.182. The van der Waals surface area contributed by atoms with Gasteiger partial charge < -0.3 is 9.47 Å². The zero-order valence-corrected chi connectivity index (χ0v) is 18.2. The molecule has 0 fully saturated rings. The Morgan fingerprint density at radius 2 is 1.84 bits per heavy atom. The summed E-state index contributed by atoms with van der Waals surface area (Å²) in [6.45, 7) is 1.05. The average Bonchev–Trinajstić information content (AvgIpc) is 3.27. The largest absolute Gasteiger partial charge is 0.465 e. The molecular formula is C22H19ClN2O5S. The number of benzene rings is 2. The summed E-state index contributed by atoms with van der Waals surface area (Å²) in [6.07, 6.45) is 0. The summed E-state index contributed by atoms with van der Waals surface area (Å²) in [5.74, 6) is -1.85. The van der Waals surface area contributed by atoms with Gasteiger partial charge in [0.15, 0.2) is 12.3 Å². The molecule has 0 saturated carbocycles. The number of esters is 2. The summed E-state index contributed by atoms with van der Waals surface area (Å²) in [7, 11) is 0. The van der Waals surface area contributed by atoms with Crippen LogP contribution in [0.2, 0.25) is 5.02 Å². The van der Waals surface area contributed by atoms with Gasteiger partial charge in [0.2, 0.25) is 0 Å². The first-order valence-electron chi connectivity index (χ1n) is 9.37. The van der Waals surface area contributed by atoms with Crippen molar-refractivity contribution in [1.29, 1.82) is 0 Å². The van der Waals surface area contributed by atoms with Crippen LogP contribution in [0.4, 0.5) is 5.69 Å². The molecule has 1 amide bonds. The fourth-order valence-corrected chi connectivity index (χ4v) is 3.64. The number of halogens is 1. The maximum Gasteiger partial charge on any atom is 0.358 e. The second-order valence-electron chi connectivity index (χ2n) is 6.24. The molecule has 0 unspecified atom stereocenters. The molecule has 1 aromatic heterocycles. The molecule has 0 N–H and O–H groups in total. The van der Waals surface area contributed by atoms with Crippen molar-refractivity contribution in [3.63, 3.8) is 0 Å². The zero-order valence-electron chi connectivity index (χ0n) is 16.6. The van der Waals surface area contributed by atoms with Gasteiger partial charge in [0, 0.05) is 21.7 Å². The highest BCUT2D eigenvalue weighted by Gasteiger charge is 2.22. The maximum atomic E-state index is 12.7. The maximum absolute atomic E-state index is 12.7. The molecule has 3 aromatic rings. The molecule has 0 bridgehead atoms. The Balaban J connectivity index is 1.66. The Morgan fingerprint density at radius 1 is 1.06 bits per heavy atom. The monoisotopic (exact) mass is 458 g/mol. The first-order valence-corrected chi connectivity index (χ1v) is 10.6. The van der Waals surface area contributed by atoms with E-state index in [4.69, 9.17) is 21.1 Å². The average molecular weight is 459 g/mol. The van der Waals surface area contributed by atoms with Crippen molar-refractivity contribution < 1.29 is 23.9 Å². The number of anilines is 1. The molecule has 0 aliphatic rings. The smallest absolute Gasteiger partial charge is 0.358 e. The van der Waals surface area contributed by atoms with Gasteiger partial charge >= 0.3 is 11.9 Å². The Bertz CT molecular complexity index is 1070. The molecule has 0 spiro atoms. The summed E-state index contributed by atoms with van der Waals surface area (Å²) < 4.78 is 10.1. The van der Waals surface area contributed by atoms with Crippen LogP contribution in [0.25, 0.3) is 10.6 Å². The highest BCUT2D eigenvalue weighted by Crippen LogP contribution is 2.26. The number of thiazole rings is 1. The zero-order chi connectivity index (χ0) is 22.2. The summed E-state index contributed by atoms with van der Waals surface area (Å²) in [4.78, 5) is 42.5. The van der Waals surface area contributed by atoms with E-state index in [0.29, 0.717) is 15.7 Å². The topological polar surface area (TPSA) is 85.8 Å². The molecule has 0 radical (unpaired) electrons. The minimum Gasteiger partial charge on any atom is -0.465 e. The van der Waals surface area contributed by atoms with E-state index in [1.807, 2.05) is 6.07 Å². The molecule has 7 nitrogen and oxygen atoms in total. The standard InChI is InChI=1S/C22H19ClN2O5S/c1-2-29-20(27)12-25(17-9-4-3-5-10-17)19(26)13-30-22(28)18-14-31-21(24-18)15-7-6-8-16(23)11-15/h3-11,14H,2,12-13H2,1H3. The normalized spacial score (nSPS) is 10.4. The molecular weight excluding hydrogens is 440 g/mol. The Morgan fingerprint density at radius 3 is 2.55 bits per heavy atom. The predicted octanol–water partition coefficient (Wildman–Crippen LogP) is 4.22. The van der Waals surface area contributed by atoms with E-state index in [9.17, 15) is 14.4 Å². The van der Waals surface area contributed by atoms with Gasteiger partial charge in [0.25, 0.3) is 5.91 Å². The van der Waals surface area contributed by atoms with Gasteiger partial charge in [-0.05, 0) is 31.2 Å². The molecule has 3 rings (SSSR count). The Hall–Kier alpha value is -3.23. The minimum atomic E-state index is -0.734. The van der Waals surface area contributed by atoms with Gasteiger partial charge in [0.1, 0.15) is 11.6 Å². The Kier molecular flexibility index (Phi) is 7.75. The van der Waals surface area contributed by atoms with Crippen LogP contribution in [-0.4, -0.2) is 42.6 Å². The summed E-state index contributed by atoms with van der Waals surface area (Å²) in [6, 6.07) is 15.7. The van der Waals surface area contributed by atoms with Gasteiger partial charge in [-0.15, -0.1) is 11.3 Å². The number of rotatable bonds is 8. The molecule has 31 heavy (non-hydrogen) atoms. The third kappa shape index (κ3) is 6.13. The quantitative estimate of drug-likeness (QED) is 0.470. The molecule has 1 heterocycles. The van der Waals surface area contributed by atoms with Crippen molar-refractivity contribution in [1.82, 2.24) is 4.98 Å². The van der Waals surface area contributed by atoms with E-state index >= 15 is 0 Å². The molecule has 160 valence electrons. The van der Waals surface area contributed by atoms with Gasteiger partial charge in [-0.2, -0.15) is 0 Å². The van der Waals surface area contributed by atoms with Crippen molar-refractivity contribution in [2.24, 2.45) is 0 Å². The lowest BCUT2D eigenvalue weighted by Crippen LogP contribution is -2.39. The number of amides is 1. The van der Waals surface area contributed by atoms with Crippen LogP contribution in [0.3, 0.4) is 0 Å². The summed E-state index contributed by atoms with van der Waals surface area (Å²) in [5.41, 5.74) is 1.36. The highest BCUT2D eigenvalue weighted by atomic mass is 35.5. The molecule has 0 aliphatic heterocycles. The first-order chi connectivity index (χ1) is 15.0. The molecule has 2 aromatic carbocycles. The fourth-order valence-electron chi connectivity index (χ4n) is 2.67. The van der Waals surface area contributed by atoms with Crippen molar-refractivity contribution in [3.05, 3.63) is 70.7 Å². The van der Waals surface area contributed by atoms with Crippen molar-refractivity contribution >= 4 is 46.5 Å². The first kappa shape index (κ1) is 22.5. The van der Waals surface area contributed by atoms with Crippen LogP contribution in [0.5, 0.6) is 0 Å². The highest BCUT2D eigenvalue weighted by molar-refractivity contribution is 7.13. The lowest BCUT2D eigenvalue weighted by atomic mass is 10.2.